The lowest BCUT2D eigenvalue weighted by molar-refractivity contribution is -0.135. The smallest absolute Gasteiger partial charge is 0.259 e. The summed E-state index contributed by atoms with van der Waals surface area (Å²) in [6.07, 6.45) is 5.27. The Morgan fingerprint density at radius 1 is 1.45 bits per heavy atom. The van der Waals surface area contributed by atoms with E-state index in [0.29, 0.717) is 18.7 Å². The fraction of sp³-hybridized carbons (Fsp3) is 0.500. The van der Waals surface area contributed by atoms with Gasteiger partial charge in [-0.2, -0.15) is 5.10 Å². The highest BCUT2D eigenvalue weighted by Gasteiger charge is 2.18. The maximum Gasteiger partial charge on any atom is 0.259 e. The molecule has 0 saturated carbocycles. The van der Waals surface area contributed by atoms with Gasteiger partial charge in [-0.15, -0.1) is 0 Å². The Kier molecular flexibility index (Phi) is 4.92. The molecule has 0 bridgehead atoms. The molecule has 6 heteroatoms. The first kappa shape index (κ1) is 14.3. The second-order valence-electron chi connectivity index (χ2n) is 4.94. The van der Waals surface area contributed by atoms with E-state index >= 15 is 0 Å². The van der Waals surface area contributed by atoms with E-state index in [9.17, 15) is 9.59 Å². The number of aromatic nitrogens is 1. The summed E-state index contributed by atoms with van der Waals surface area (Å²) in [5.74, 6) is -0.200. The Hall–Kier alpha value is -2.11. The standard InChI is InChI=1S/C14H20N4O2/c1-11(12-6-5-8-15-12)16-17-13(19)10-18-9-4-2-3-7-14(18)20/h5-6,8,15H,2-4,7,9-10H2,1H3,(H,17,19)/b16-11+. The monoisotopic (exact) mass is 276 g/mol. The van der Waals surface area contributed by atoms with Crippen LogP contribution in [-0.4, -0.2) is 40.5 Å². The Balaban J connectivity index is 1.86. The lowest BCUT2D eigenvalue weighted by Crippen LogP contribution is -2.39. The number of carbonyl (C=O) groups is 2. The lowest BCUT2D eigenvalue weighted by Gasteiger charge is -2.18. The van der Waals surface area contributed by atoms with Crippen molar-refractivity contribution in [1.82, 2.24) is 15.3 Å². The van der Waals surface area contributed by atoms with Crippen LogP contribution < -0.4 is 5.43 Å². The molecular weight excluding hydrogens is 256 g/mol. The summed E-state index contributed by atoms with van der Waals surface area (Å²) in [6.45, 7) is 2.55. The number of aromatic amines is 1. The summed E-state index contributed by atoms with van der Waals surface area (Å²) < 4.78 is 0. The summed E-state index contributed by atoms with van der Waals surface area (Å²) in [7, 11) is 0. The van der Waals surface area contributed by atoms with E-state index in [0.717, 1.165) is 25.0 Å². The van der Waals surface area contributed by atoms with E-state index in [1.807, 2.05) is 19.1 Å². The average Bonchev–Trinajstić information content (AvgIpc) is 2.90. The molecule has 0 unspecified atom stereocenters. The largest absolute Gasteiger partial charge is 0.360 e. The number of carbonyl (C=O) groups excluding carboxylic acids is 2. The van der Waals surface area contributed by atoms with Crippen molar-refractivity contribution in [2.24, 2.45) is 5.10 Å². The highest BCUT2D eigenvalue weighted by atomic mass is 16.2. The molecule has 0 radical (unpaired) electrons. The summed E-state index contributed by atoms with van der Waals surface area (Å²) >= 11 is 0. The third kappa shape index (κ3) is 3.94. The van der Waals surface area contributed by atoms with Gasteiger partial charge in [0, 0.05) is 19.2 Å². The first-order chi connectivity index (χ1) is 9.66. The van der Waals surface area contributed by atoms with Gasteiger partial charge in [-0.3, -0.25) is 9.59 Å². The molecule has 2 amide bonds. The second kappa shape index (κ2) is 6.88. The molecule has 0 atom stereocenters. The predicted molar refractivity (Wildman–Crippen MR) is 76.2 cm³/mol. The number of amides is 2. The minimum atomic E-state index is -0.258. The van der Waals surface area contributed by atoms with Crippen molar-refractivity contribution in [3.8, 4) is 0 Å². The predicted octanol–water partition coefficient (Wildman–Crippen LogP) is 1.26. The molecule has 2 heterocycles. The molecule has 1 aromatic heterocycles. The molecule has 2 rings (SSSR count). The van der Waals surface area contributed by atoms with E-state index < -0.39 is 0 Å². The van der Waals surface area contributed by atoms with Crippen LogP contribution in [0.3, 0.4) is 0 Å². The van der Waals surface area contributed by atoms with Crippen LogP contribution in [0.15, 0.2) is 23.4 Å². The van der Waals surface area contributed by atoms with Gasteiger partial charge in [-0.05, 0) is 31.9 Å². The molecule has 2 N–H and O–H groups in total. The van der Waals surface area contributed by atoms with Gasteiger partial charge in [0.15, 0.2) is 0 Å². The molecule has 6 nitrogen and oxygen atoms in total. The van der Waals surface area contributed by atoms with Crippen LogP contribution in [0.25, 0.3) is 0 Å². The van der Waals surface area contributed by atoms with Gasteiger partial charge in [-0.1, -0.05) is 6.42 Å². The average molecular weight is 276 g/mol. The van der Waals surface area contributed by atoms with Crippen LogP contribution in [0.1, 0.15) is 38.3 Å². The zero-order chi connectivity index (χ0) is 14.4. The molecule has 1 fully saturated rings. The van der Waals surface area contributed by atoms with E-state index in [1.54, 1.807) is 11.1 Å². The third-order valence-corrected chi connectivity index (χ3v) is 3.34. The highest BCUT2D eigenvalue weighted by Crippen LogP contribution is 2.10. The van der Waals surface area contributed by atoms with Gasteiger partial charge in [0.2, 0.25) is 5.91 Å². The maximum absolute atomic E-state index is 11.8. The minimum absolute atomic E-state index is 0.0581. The molecule has 1 aromatic rings. The number of hydrazone groups is 1. The summed E-state index contributed by atoms with van der Waals surface area (Å²) in [6, 6.07) is 3.75. The molecule has 1 aliphatic heterocycles. The van der Waals surface area contributed by atoms with Crippen molar-refractivity contribution >= 4 is 17.5 Å². The summed E-state index contributed by atoms with van der Waals surface area (Å²) in [5, 5.41) is 4.03. The number of likely N-dealkylation sites (tertiary alicyclic amines) is 1. The topological polar surface area (TPSA) is 77.6 Å². The van der Waals surface area contributed by atoms with E-state index in [2.05, 4.69) is 15.5 Å². The highest BCUT2D eigenvalue weighted by molar-refractivity contribution is 5.97. The molecule has 0 spiro atoms. The molecule has 1 aliphatic rings. The number of nitrogens with one attached hydrogen (secondary N) is 2. The van der Waals surface area contributed by atoms with Gasteiger partial charge in [0.1, 0.15) is 6.54 Å². The van der Waals surface area contributed by atoms with Crippen LogP contribution in [0, 0.1) is 0 Å². The van der Waals surface area contributed by atoms with Crippen molar-refractivity contribution < 1.29 is 9.59 Å². The molecule has 20 heavy (non-hydrogen) atoms. The van der Waals surface area contributed by atoms with Gasteiger partial charge in [0.25, 0.3) is 5.91 Å². The van der Waals surface area contributed by atoms with Crippen molar-refractivity contribution in [3.05, 3.63) is 24.0 Å². The Morgan fingerprint density at radius 2 is 2.30 bits per heavy atom. The minimum Gasteiger partial charge on any atom is -0.360 e. The normalized spacial score (nSPS) is 16.9. The van der Waals surface area contributed by atoms with Crippen LogP contribution in [0.5, 0.6) is 0 Å². The van der Waals surface area contributed by atoms with Crippen LogP contribution in [0.4, 0.5) is 0 Å². The Labute approximate surface area is 118 Å². The zero-order valence-electron chi connectivity index (χ0n) is 11.7. The number of nitrogens with zero attached hydrogens (tertiary/aromatic N) is 2. The van der Waals surface area contributed by atoms with Crippen LogP contribution in [-0.2, 0) is 9.59 Å². The number of hydrogen-bond donors (Lipinski definition) is 2. The van der Waals surface area contributed by atoms with Gasteiger partial charge < -0.3 is 9.88 Å². The fourth-order valence-corrected chi connectivity index (χ4v) is 2.18. The van der Waals surface area contributed by atoms with Gasteiger partial charge >= 0.3 is 0 Å². The first-order valence-electron chi connectivity index (χ1n) is 6.91. The quantitative estimate of drug-likeness (QED) is 0.641. The fourth-order valence-electron chi connectivity index (χ4n) is 2.18. The van der Waals surface area contributed by atoms with Crippen molar-refractivity contribution in [3.63, 3.8) is 0 Å². The van der Waals surface area contributed by atoms with E-state index in [-0.39, 0.29) is 18.4 Å². The number of rotatable bonds is 4. The maximum atomic E-state index is 11.8. The molecule has 108 valence electrons. The second-order valence-corrected chi connectivity index (χ2v) is 4.94. The number of H-pyrrole nitrogens is 1. The van der Waals surface area contributed by atoms with Crippen molar-refractivity contribution in [2.45, 2.75) is 32.6 Å². The van der Waals surface area contributed by atoms with Gasteiger partial charge in [-0.25, -0.2) is 5.43 Å². The van der Waals surface area contributed by atoms with E-state index in [4.69, 9.17) is 0 Å². The molecular formula is C14H20N4O2. The molecule has 0 aromatic carbocycles. The van der Waals surface area contributed by atoms with Crippen LogP contribution in [0.2, 0.25) is 0 Å². The zero-order valence-corrected chi connectivity index (χ0v) is 11.7. The van der Waals surface area contributed by atoms with Gasteiger partial charge in [0.05, 0.1) is 11.4 Å². The van der Waals surface area contributed by atoms with Crippen molar-refractivity contribution in [2.75, 3.05) is 13.1 Å². The summed E-state index contributed by atoms with van der Waals surface area (Å²) in [5.41, 5.74) is 4.05. The lowest BCUT2D eigenvalue weighted by atomic mass is 10.2. The SMILES string of the molecule is C/C(=N\NC(=O)CN1CCCCCC1=O)c1ccc[nH]1. The Bertz CT molecular complexity index is 493. The van der Waals surface area contributed by atoms with Crippen molar-refractivity contribution in [1.29, 1.82) is 0 Å². The van der Waals surface area contributed by atoms with E-state index in [1.165, 1.54) is 0 Å². The number of hydrogen-bond acceptors (Lipinski definition) is 3. The first-order valence-corrected chi connectivity index (χ1v) is 6.91. The van der Waals surface area contributed by atoms with Crippen LogP contribution >= 0.6 is 0 Å². The molecule has 1 saturated heterocycles. The summed E-state index contributed by atoms with van der Waals surface area (Å²) in [4.78, 5) is 28.2. The Morgan fingerprint density at radius 3 is 3.05 bits per heavy atom. The molecule has 0 aliphatic carbocycles. The third-order valence-electron chi connectivity index (χ3n) is 3.34.